The van der Waals surface area contributed by atoms with Gasteiger partial charge in [-0.15, -0.1) is 0 Å². The van der Waals surface area contributed by atoms with Crippen LogP contribution >= 0.6 is 0 Å². The minimum atomic E-state index is -0.909. The Balaban J connectivity index is 1.99. The number of fused-ring (bicyclic) bond motifs is 1. The molecule has 0 spiro atoms. The van der Waals surface area contributed by atoms with Gasteiger partial charge in [-0.3, -0.25) is 4.90 Å². The van der Waals surface area contributed by atoms with Crippen molar-refractivity contribution in [1.29, 1.82) is 0 Å². The maximum absolute atomic E-state index is 12.7. The van der Waals surface area contributed by atoms with Crippen molar-refractivity contribution in [1.82, 2.24) is 14.5 Å². The number of rotatable bonds is 3. The quantitative estimate of drug-likeness (QED) is 0.774. The molecule has 2 heterocycles. The van der Waals surface area contributed by atoms with Gasteiger partial charge in [0, 0.05) is 18.7 Å². The second-order valence-electron chi connectivity index (χ2n) is 7.36. The van der Waals surface area contributed by atoms with Gasteiger partial charge in [0.2, 0.25) is 0 Å². The minimum absolute atomic E-state index is 0.228. The van der Waals surface area contributed by atoms with Crippen LogP contribution in [0.5, 0.6) is 0 Å². The summed E-state index contributed by atoms with van der Waals surface area (Å²) in [5, 5.41) is 0. The number of esters is 1. The van der Waals surface area contributed by atoms with Crippen LogP contribution in [-0.2, 0) is 20.7 Å². The van der Waals surface area contributed by atoms with Crippen LogP contribution in [0.1, 0.15) is 45.1 Å². The van der Waals surface area contributed by atoms with Gasteiger partial charge in [-0.1, -0.05) is 18.2 Å². The lowest BCUT2D eigenvalue weighted by Gasteiger charge is -2.35. The molecular weight excluding hydrogens is 346 g/mol. The van der Waals surface area contributed by atoms with Gasteiger partial charge >= 0.3 is 12.1 Å². The number of carbonyl (C=O) groups is 2. The second-order valence-corrected chi connectivity index (χ2v) is 7.36. The second kappa shape index (κ2) is 7.42. The van der Waals surface area contributed by atoms with Crippen molar-refractivity contribution in [3.8, 4) is 5.69 Å². The first-order valence-corrected chi connectivity index (χ1v) is 9.09. The van der Waals surface area contributed by atoms with Crippen LogP contribution in [0, 0.1) is 0 Å². The summed E-state index contributed by atoms with van der Waals surface area (Å²) in [6.07, 6.45) is 1.71. The van der Waals surface area contributed by atoms with Gasteiger partial charge in [-0.2, -0.15) is 0 Å². The van der Waals surface area contributed by atoms with Crippen molar-refractivity contribution in [2.45, 2.75) is 45.8 Å². The Labute approximate surface area is 158 Å². The third kappa shape index (κ3) is 3.97. The Morgan fingerprint density at radius 3 is 2.56 bits per heavy atom. The van der Waals surface area contributed by atoms with Gasteiger partial charge in [-0.25, -0.2) is 14.6 Å². The molecule has 1 aliphatic heterocycles. The Morgan fingerprint density at radius 1 is 1.22 bits per heavy atom. The molecule has 0 radical (unpaired) electrons. The molecule has 0 fully saturated rings. The fraction of sp³-hybridized carbons (Fsp3) is 0.450. The first kappa shape index (κ1) is 18.9. The molecule has 27 heavy (non-hydrogen) atoms. The van der Waals surface area contributed by atoms with E-state index in [1.165, 1.54) is 4.90 Å². The summed E-state index contributed by atoms with van der Waals surface area (Å²) >= 11 is 0. The van der Waals surface area contributed by atoms with E-state index in [-0.39, 0.29) is 6.61 Å². The molecule has 0 N–H and O–H groups in total. The molecule has 1 aromatic heterocycles. The van der Waals surface area contributed by atoms with Gasteiger partial charge in [-0.05, 0) is 39.8 Å². The van der Waals surface area contributed by atoms with Crippen molar-refractivity contribution in [3.05, 3.63) is 48.0 Å². The van der Waals surface area contributed by atoms with Gasteiger partial charge in [0.15, 0.2) is 6.04 Å². The summed E-state index contributed by atoms with van der Waals surface area (Å²) in [6.45, 7) is 7.70. The summed E-state index contributed by atoms with van der Waals surface area (Å²) in [7, 11) is 0. The number of aromatic nitrogens is 2. The molecule has 144 valence electrons. The molecule has 1 amide bonds. The fourth-order valence-electron chi connectivity index (χ4n) is 3.16. The lowest BCUT2D eigenvalue weighted by Crippen LogP contribution is -2.46. The normalized spacial score (nSPS) is 16.6. The van der Waals surface area contributed by atoms with E-state index < -0.39 is 23.7 Å². The maximum atomic E-state index is 12.7. The predicted octanol–water partition coefficient (Wildman–Crippen LogP) is 3.27. The van der Waals surface area contributed by atoms with Gasteiger partial charge in [0.25, 0.3) is 0 Å². The SMILES string of the molecule is CCOC(=O)C1c2ncn(-c3ccccc3)c2CCN1C(=O)OC(C)(C)C. The number of imidazole rings is 1. The zero-order chi connectivity index (χ0) is 19.6. The molecule has 3 rings (SSSR count). The Hall–Kier alpha value is -2.83. The highest BCUT2D eigenvalue weighted by Gasteiger charge is 2.41. The van der Waals surface area contributed by atoms with Gasteiger partial charge in [0.05, 0.1) is 24.3 Å². The molecule has 1 aliphatic rings. The highest BCUT2D eigenvalue weighted by molar-refractivity contribution is 5.83. The molecule has 1 aromatic carbocycles. The van der Waals surface area contributed by atoms with Crippen molar-refractivity contribution in [2.24, 2.45) is 0 Å². The van der Waals surface area contributed by atoms with E-state index in [2.05, 4.69) is 4.98 Å². The standard InChI is InChI=1S/C20H25N3O4/c1-5-26-18(24)17-16-15(11-12-22(17)19(25)27-20(2,3)4)23(13-21-16)14-9-7-6-8-10-14/h6-10,13,17H,5,11-12H2,1-4H3. The smallest absolute Gasteiger partial charge is 0.411 e. The van der Waals surface area contributed by atoms with E-state index in [4.69, 9.17) is 9.47 Å². The largest absolute Gasteiger partial charge is 0.464 e. The molecule has 0 saturated heterocycles. The first-order chi connectivity index (χ1) is 12.8. The van der Waals surface area contributed by atoms with Crippen LogP contribution in [0.25, 0.3) is 5.69 Å². The number of benzene rings is 1. The summed E-state index contributed by atoms with van der Waals surface area (Å²) < 4.78 is 12.7. The average Bonchev–Trinajstić information content (AvgIpc) is 3.04. The van der Waals surface area contributed by atoms with E-state index in [9.17, 15) is 9.59 Å². The van der Waals surface area contributed by atoms with Crippen LogP contribution in [0.2, 0.25) is 0 Å². The number of ether oxygens (including phenoxy) is 2. The van der Waals surface area contributed by atoms with Crippen LogP contribution in [0.15, 0.2) is 36.7 Å². The van der Waals surface area contributed by atoms with E-state index in [1.807, 2.05) is 34.9 Å². The highest BCUT2D eigenvalue weighted by Crippen LogP contribution is 2.32. The summed E-state index contributed by atoms with van der Waals surface area (Å²) in [5.41, 5.74) is 1.74. The van der Waals surface area contributed by atoms with Gasteiger partial charge in [0.1, 0.15) is 5.60 Å². The fourth-order valence-corrected chi connectivity index (χ4v) is 3.16. The predicted molar refractivity (Wildman–Crippen MR) is 99.6 cm³/mol. The molecule has 0 bridgehead atoms. The monoisotopic (exact) mass is 371 g/mol. The lowest BCUT2D eigenvalue weighted by molar-refractivity contribution is -0.150. The molecule has 1 unspecified atom stereocenters. The Bertz CT molecular complexity index is 823. The van der Waals surface area contributed by atoms with E-state index in [0.29, 0.717) is 18.7 Å². The maximum Gasteiger partial charge on any atom is 0.411 e. The first-order valence-electron chi connectivity index (χ1n) is 9.09. The van der Waals surface area contributed by atoms with Crippen molar-refractivity contribution in [3.63, 3.8) is 0 Å². The molecule has 2 aromatic rings. The number of amides is 1. The molecule has 0 aliphatic carbocycles. The average molecular weight is 371 g/mol. The Kier molecular flexibility index (Phi) is 5.21. The number of nitrogens with zero attached hydrogens (tertiary/aromatic N) is 3. The van der Waals surface area contributed by atoms with Gasteiger partial charge < -0.3 is 14.0 Å². The molecule has 0 saturated carbocycles. The number of carbonyl (C=O) groups excluding carboxylic acids is 2. The zero-order valence-electron chi connectivity index (χ0n) is 16.1. The number of hydrogen-bond donors (Lipinski definition) is 0. The van der Waals surface area contributed by atoms with Crippen LogP contribution in [0.4, 0.5) is 4.79 Å². The van der Waals surface area contributed by atoms with E-state index in [1.54, 1.807) is 34.0 Å². The van der Waals surface area contributed by atoms with Crippen molar-refractivity contribution >= 4 is 12.1 Å². The minimum Gasteiger partial charge on any atom is -0.464 e. The third-order valence-electron chi connectivity index (χ3n) is 4.23. The van der Waals surface area contributed by atoms with Crippen LogP contribution in [0.3, 0.4) is 0 Å². The van der Waals surface area contributed by atoms with E-state index in [0.717, 1.165) is 11.4 Å². The highest BCUT2D eigenvalue weighted by atomic mass is 16.6. The summed E-state index contributed by atoms with van der Waals surface area (Å²) in [5.74, 6) is -0.498. The zero-order valence-corrected chi connectivity index (χ0v) is 16.1. The third-order valence-corrected chi connectivity index (χ3v) is 4.23. The summed E-state index contributed by atoms with van der Waals surface area (Å²) in [6, 6.07) is 8.87. The number of hydrogen-bond acceptors (Lipinski definition) is 5. The van der Waals surface area contributed by atoms with Crippen LogP contribution in [-0.4, -0.2) is 45.3 Å². The Morgan fingerprint density at radius 2 is 1.93 bits per heavy atom. The van der Waals surface area contributed by atoms with Crippen molar-refractivity contribution in [2.75, 3.05) is 13.2 Å². The van der Waals surface area contributed by atoms with Crippen molar-refractivity contribution < 1.29 is 19.1 Å². The summed E-state index contributed by atoms with van der Waals surface area (Å²) in [4.78, 5) is 31.2. The number of para-hydroxylation sites is 1. The lowest BCUT2D eigenvalue weighted by atomic mass is 10.0. The molecule has 7 nitrogen and oxygen atoms in total. The molecule has 1 atom stereocenters. The van der Waals surface area contributed by atoms with E-state index >= 15 is 0 Å². The topological polar surface area (TPSA) is 73.7 Å². The molecular formula is C20H25N3O4. The van der Waals surface area contributed by atoms with Crippen LogP contribution < -0.4 is 0 Å². The molecule has 7 heteroatoms.